The maximum Gasteiger partial charge on any atom is 0.243 e. The summed E-state index contributed by atoms with van der Waals surface area (Å²) in [5, 5.41) is 6.65. The van der Waals surface area contributed by atoms with E-state index >= 15 is 0 Å². The van der Waals surface area contributed by atoms with Gasteiger partial charge in [0.05, 0.1) is 6.61 Å². The molecule has 0 fully saturated rings. The summed E-state index contributed by atoms with van der Waals surface area (Å²) >= 11 is 0. The van der Waals surface area contributed by atoms with Crippen LogP contribution in [-0.4, -0.2) is 56.6 Å². The van der Waals surface area contributed by atoms with Crippen LogP contribution in [0.4, 0.5) is 0 Å². The van der Waals surface area contributed by atoms with Crippen molar-refractivity contribution in [1.29, 1.82) is 0 Å². The first-order valence-corrected chi connectivity index (χ1v) is 9.43. The number of likely N-dealkylation sites (N-methyl/N-ethyl adjacent to an activating group) is 1. The number of amides is 1. The van der Waals surface area contributed by atoms with Crippen molar-refractivity contribution in [3.63, 3.8) is 0 Å². The monoisotopic (exact) mass is 362 g/mol. The molecule has 0 aliphatic heterocycles. The lowest BCUT2D eigenvalue weighted by molar-refractivity contribution is -0.127. The molecule has 0 bridgehead atoms. The van der Waals surface area contributed by atoms with Gasteiger partial charge >= 0.3 is 0 Å². The summed E-state index contributed by atoms with van der Waals surface area (Å²) in [6, 6.07) is 8.46. The number of guanidine groups is 1. The molecule has 1 rings (SSSR count). The van der Waals surface area contributed by atoms with Crippen LogP contribution in [0, 0.1) is 0 Å². The summed E-state index contributed by atoms with van der Waals surface area (Å²) < 4.78 is 5.68. The van der Waals surface area contributed by atoms with Crippen molar-refractivity contribution in [3.05, 3.63) is 29.8 Å². The second-order valence-corrected chi connectivity index (χ2v) is 6.58. The topological polar surface area (TPSA) is 66.0 Å². The van der Waals surface area contributed by atoms with Gasteiger partial charge in [-0.1, -0.05) is 26.0 Å². The lowest BCUT2D eigenvalue weighted by Crippen LogP contribution is -2.43. The number of benzene rings is 1. The summed E-state index contributed by atoms with van der Waals surface area (Å²) in [7, 11) is 3.47. The van der Waals surface area contributed by atoms with Crippen molar-refractivity contribution >= 4 is 11.9 Å². The predicted octanol–water partition coefficient (Wildman–Crippen LogP) is 2.44. The van der Waals surface area contributed by atoms with Crippen LogP contribution >= 0.6 is 0 Å². The number of rotatable bonds is 10. The van der Waals surface area contributed by atoms with Crippen molar-refractivity contribution in [2.24, 2.45) is 4.99 Å². The van der Waals surface area contributed by atoms with E-state index in [0.29, 0.717) is 12.0 Å². The second kappa shape index (κ2) is 12.2. The average molecular weight is 363 g/mol. The molecule has 0 heterocycles. The highest BCUT2D eigenvalue weighted by atomic mass is 16.5. The third kappa shape index (κ3) is 8.74. The van der Waals surface area contributed by atoms with E-state index in [-0.39, 0.29) is 12.5 Å². The number of aliphatic imine (C=N–C) groups is 1. The minimum atomic E-state index is -0.0176. The number of carbonyl (C=O) groups excluding carboxylic acids is 1. The fourth-order valence-corrected chi connectivity index (χ4v) is 2.11. The molecule has 2 N–H and O–H groups in total. The Kier molecular flexibility index (Phi) is 10.2. The molecule has 1 aromatic rings. The number of carbonyl (C=O) groups is 1. The number of hydrogen-bond donors (Lipinski definition) is 2. The number of hydrogen-bond acceptors (Lipinski definition) is 3. The van der Waals surface area contributed by atoms with E-state index in [0.717, 1.165) is 38.2 Å². The Morgan fingerprint density at radius 1 is 1.31 bits per heavy atom. The highest BCUT2D eigenvalue weighted by Gasteiger charge is 2.07. The normalized spacial score (nSPS) is 12.4. The minimum absolute atomic E-state index is 0.0176. The molecule has 1 aromatic carbocycles. The van der Waals surface area contributed by atoms with E-state index < -0.39 is 0 Å². The third-order valence-electron chi connectivity index (χ3n) is 3.94. The Labute approximate surface area is 158 Å². The molecule has 0 saturated heterocycles. The van der Waals surface area contributed by atoms with Gasteiger partial charge < -0.3 is 20.3 Å². The molecule has 0 radical (unpaired) electrons. The van der Waals surface area contributed by atoms with Gasteiger partial charge in [-0.05, 0) is 43.9 Å². The Morgan fingerprint density at radius 2 is 2.08 bits per heavy atom. The molecule has 0 spiro atoms. The second-order valence-electron chi connectivity index (χ2n) is 6.58. The molecule has 6 nitrogen and oxygen atoms in total. The summed E-state index contributed by atoms with van der Waals surface area (Å²) in [5.74, 6) is 1.57. The number of ether oxygens (including phenoxy) is 1. The van der Waals surface area contributed by atoms with Crippen LogP contribution in [0.25, 0.3) is 0 Å². The molecular formula is C20H34N4O2. The lowest BCUT2D eigenvalue weighted by atomic mass is 10.1. The van der Waals surface area contributed by atoms with Crippen molar-refractivity contribution in [3.8, 4) is 5.75 Å². The fraction of sp³-hybridized carbons (Fsp3) is 0.600. The zero-order valence-corrected chi connectivity index (χ0v) is 16.8. The van der Waals surface area contributed by atoms with Gasteiger partial charge in [0.15, 0.2) is 5.96 Å². The molecule has 0 saturated carbocycles. The molecule has 26 heavy (non-hydrogen) atoms. The molecule has 0 aliphatic rings. The van der Waals surface area contributed by atoms with E-state index in [1.54, 1.807) is 19.0 Å². The largest absolute Gasteiger partial charge is 0.494 e. The van der Waals surface area contributed by atoms with Crippen molar-refractivity contribution in [2.75, 3.05) is 33.8 Å². The fourth-order valence-electron chi connectivity index (χ4n) is 2.11. The Bertz CT molecular complexity index is 573. The smallest absolute Gasteiger partial charge is 0.243 e. The van der Waals surface area contributed by atoms with Crippen LogP contribution in [0.15, 0.2) is 29.3 Å². The SMILES string of the molecule is CCCOc1cccc(CCNC(=NCC(=O)N(C)C)NC(C)CC)c1. The molecule has 1 atom stereocenters. The molecule has 146 valence electrons. The van der Waals surface area contributed by atoms with Crippen molar-refractivity contribution in [2.45, 2.75) is 46.1 Å². The first-order valence-electron chi connectivity index (χ1n) is 9.43. The van der Waals surface area contributed by atoms with E-state index in [1.165, 1.54) is 5.56 Å². The van der Waals surface area contributed by atoms with Gasteiger partial charge in [-0.2, -0.15) is 0 Å². The Hall–Kier alpha value is -2.24. The van der Waals surface area contributed by atoms with Crippen molar-refractivity contribution < 1.29 is 9.53 Å². The van der Waals surface area contributed by atoms with E-state index in [9.17, 15) is 4.79 Å². The van der Waals surface area contributed by atoms with Crippen LogP contribution in [0.2, 0.25) is 0 Å². The van der Waals surface area contributed by atoms with Gasteiger partial charge in [0.1, 0.15) is 12.3 Å². The lowest BCUT2D eigenvalue weighted by Gasteiger charge is -2.17. The summed E-state index contributed by atoms with van der Waals surface area (Å²) in [6.45, 7) is 7.91. The zero-order chi connectivity index (χ0) is 19.4. The van der Waals surface area contributed by atoms with Crippen LogP contribution in [0.1, 0.15) is 39.2 Å². The van der Waals surface area contributed by atoms with Gasteiger partial charge in [-0.15, -0.1) is 0 Å². The molecule has 1 unspecified atom stereocenters. The first kappa shape index (κ1) is 21.8. The third-order valence-corrected chi connectivity index (χ3v) is 3.94. The molecule has 0 aliphatic carbocycles. The van der Waals surface area contributed by atoms with Gasteiger partial charge in [0.25, 0.3) is 0 Å². The van der Waals surface area contributed by atoms with Gasteiger partial charge in [0.2, 0.25) is 5.91 Å². The highest BCUT2D eigenvalue weighted by Crippen LogP contribution is 2.13. The first-order chi connectivity index (χ1) is 12.5. The van der Waals surface area contributed by atoms with Crippen molar-refractivity contribution in [1.82, 2.24) is 15.5 Å². The van der Waals surface area contributed by atoms with Crippen LogP contribution in [0.3, 0.4) is 0 Å². The maximum atomic E-state index is 11.8. The summed E-state index contributed by atoms with van der Waals surface area (Å²) in [6.07, 6.45) is 2.84. The van der Waals surface area contributed by atoms with Crippen LogP contribution < -0.4 is 15.4 Å². The highest BCUT2D eigenvalue weighted by molar-refractivity contribution is 5.84. The van der Waals surface area contributed by atoms with Crippen LogP contribution in [0.5, 0.6) is 5.75 Å². The molecule has 6 heteroatoms. The zero-order valence-electron chi connectivity index (χ0n) is 16.8. The minimum Gasteiger partial charge on any atom is -0.494 e. The summed E-state index contributed by atoms with van der Waals surface area (Å²) in [5.41, 5.74) is 1.21. The van der Waals surface area contributed by atoms with E-state index in [1.807, 2.05) is 12.1 Å². The van der Waals surface area contributed by atoms with E-state index in [4.69, 9.17) is 4.74 Å². The quantitative estimate of drug-likeness (QED) is 0.496. The predicted molar refractivity (Wildman–Crippen MR) is 108 cm³/mol. The Balaban J connectivity index is 2.59. The maximum absolute atomic E-state index is 11.8. The van der Waals surface area contributed by atoms with Crippen LogP contribution in [-0.2, 0) is 11.2 Å². The molecular weight excluding hydrogens is 328 g/mol. The number of nitrogens with zero attached hydrogens (tertiary/aromatic N) is 2. The van der Waals surface area contributed by atoms with Gasteiger partial charge in [0, 0.05) is 26.7 Å². The average Bonchev–Trinajstić information content (AvgIpc) is 2.64. The standard InChI is InChI=1S/C20H34N4O2/c1-6-13-26-18-10-8-9-17(14-18)11-12-21-20(23-16(3)7-2)22-15-19(25)24(4)5/h8-10,14,16H,6-7,11-13,15H2,1-5H3,(H2,21,22,23). The Morgan fingerprint density at radius 3 is 2.73 bits per heavy atom. The summed E-state index contributed by atoms with van der Waals surface area (Å²) in [4.78, 5) is 17.7. The molecule has 0 aromatic heterocycles. The van der Waals surface area contributed by atoms with Gasteiger partial charge in [-0.3, -0.25) is 4.79 Å². The number of nitrogens with one attached hydrogen (secondary N) is 2. The van der Waals surface area contributed by atoms with E-state index in [2.05, 4.69) is 48.5 Å². The van der Waals surface area contributed by atoms with Gasteiger partial charge in [-0.25, -0.2) is 4.99 Å². The molecule has 1 amide bonds.